The second kappa shape index (κ2) is 5.27. The summed E-state index contributed by atoms with van der Waals surface area (Å²) in [7, 11) is 0. The zero-order valence-electron chi connectivity index (χ0n) is 9.20. The van der Waals surface area contributed by atoms with Crippen molar-refractivity contribution in [2.75, 3.05) is 0 Å². The molecule has 1 aromatic carbocycles. The molecule has 5 heteroatoms. The Bertz CT molecular complexity index is 357. The fraction of sp³-hybridized carbons (Fsp3) is 0.500. The molecule has 0 heterocycles. The van der Waals surface area contributed by atoms with Gasteiger partial charge in [0, 0.05) is 6.04 Å². The third-order valence-corrected chi connectivity index (χ3v) is 2.95. The maximum Gasteiger partial charge on any atom is 0.416 e. The van der Waals surface area contributed by atoms with Crippen molar-refractivity contribution in [3.63, 3.8) is 0 Å². The van der Waals surface area contributed by atoms with Crippen molar-refractivity contribution in [2.24, 2.45) is 11.7 Å². The fourth-order valence-corrected chi connectivity index (χ4v) is 1.77. The first-order chi connectivity index (χ1) is 7.47. The van der Waals surface area contributed by atoms with Crippen molar-refractivity contribution in [3.05, 3.63) is 35.4 Å². The topological polar surface area (TPSA) is 26.0 Å². The third kappa shape index (κ3) is 3.89. The highest BCUT2D eigenvalue weighted by molar-refractivity contribution is 5.85. The van der Waals surface area contributed by atoms with E-state index in [4.69, 9.17) is 5.73 Å². The maximum atomic E-state index is 12.3. The van der Waals surface area contributed by atoms with E-state index >= 15 is 0 Å². The Labute approximate surface area is 105 Å². The van der Waals surface area contributed by atoms with Gasteiger partial charge in [0.1, 0.15) is 0 Å². The summed E-state index contributed by atoms with van der Waals surface area (Å²) in [6, 6.07) is 5.03. The molecule has 1 aliphatic rings. The van der Waals surface area contributed by atoms with Crippen LogP contribution in [0.25, 0.3) is 0 Å². The first-order valence-electron chi connectivity index (χ1n) is 5.39. The second-order valence-electron chi connectivity index (χ2n) is 4.41. The number of hydrogen-bond acceptors (Lipinski definition) is 1. The zero-order chi connectivity index (χ0) is 11.8. The molecule has 1 atom stereocenters. The third-order valence-electron chi connectivity index (χ3n) is 2.95. The van der Waals surface area contributed by atoms with E-state index in [0.717, 1.165) is 24.1 Å². The Balaban J connectivity index is 0.00000144. The van der Waals surface area contributed by atoms with E-state index in [1.807, 2.05) is 0 Å². The molecular weight excluding hydrogens is 251 g/mol. The van der Waals surface area contributed by atoms with Gasteiger partial charge >= 0.3 is 6.18 Å². The first kappa shape index (κ1) is 14.3. The minimum Gasteiger partial charge on any atom is -0.324 e. The average Bonchev–Trinajstić information content (AvgIpc) is 3.00. The average molecular weight is 266 g/mol. The molecule has 0 unspecified atom stereocenters. The van der Waals surface area contributed by atoms with Gasteiger partial charge in [-0.25, -0.2) is 0 Å². The molecule has 0 radical (unpaired) electrons. The van der Waals surface area contributed by atoms with Crippen LogP contribution in [0.2, 0.25) is 0 Å². The van der Waals surface area contributed by atoms with Crippen molar-refractivity contribution in [1.29, 1.82) is 0 Å². The van der Waals surface area contributed by atoms with E-state index in [0.29, 0.717) is 5.92 Å². The minimum absolute atomic E-state index is 0. The molecular formula is C12H15ClF3N. The predicted octanol–water partition coefficient (Wildman–Crippen LogP) is 3.93. The molecule has 1 aromatic rings. The Morgan fingerprint density at radius 3 is 2.12 bits per heavy atom. The predicted molar refractivity (Wildman–Crippen MR) is 63.0 cm³/mol. The maximum absolute atomic E-state index is 12.3. The number of alkyl halides is 3. The van der Waals surface area contributed by atoms with Crippen molar-refractivity contribution < 1.29 is 13.2 Å². The van der Waals surface area contributed by atoms with Crippen LogP contribution in [0.5, 0.6) is 0 Å². The Morgan fingerprint density at radius 2 is 1.71 bits per heavy atom. The number of rotatable bonds is 3. The van der Waals surface area contributed by atoms with Crippen LogP contribution in [0.3, 0.4) is 0 Å². The standard InChI is InChI=1S/C12H14F3N.ClH/c13-12(14,15)10-5-3-9(4-6-10)11(16)7-8-1-2-8;/h3-6,8,11H,1-2,7,16H2;1H/t11-;/m1./s1. The lowest BCUT2D eigenvalue weighted by molar-refractivity contribution is -0.137. The van der Waals surface area contributed by atoms with Crippen LogP contribution >= 0.6 is 12.4 Å². The number of benzene rings is 1. The molecule has 1 aliphatic carbocycles. The molecule has 1 fully saturated rings. The highest BCUT2D eigenvalue weighted by Crippen LogP contribution is 2.37. The lowest BCUT2D eigenvalue weighted by atomic mass is 10.0. The summed E-state index contributed by atoms with van der Waals surface area (Å²) >= 11 is 0. The zero-order valence-corrected chi connectivity index (χ0v) is 10.0. The Morgan fingerprint density at radius 1 is 1.18 bits per heavy atom. The largest absolute Gasteiger partial charge is 0.416 e. The Hall–Kier alpha value is -0.740. The molecule has 1 saturated carbocycles. The van der Waals surface area contributed by atoms with Crippen molar-refractivity contribution in [2.45, 2.75) is 31.5 Å². The highest BCUT2D eigenvalue weighted by Gasteiger charge is 2.30. The van der Waals surface area contributed by atoms with Gasteiger partial charge in [0.2, 0.25) is 0 Å². The molecule has 2 rings (SSSR count). The van der Waals surface area contributed by atoms with Gasteiger partial charge in [0.15, 0.2) is 0 Å². The van der Waals surface area contributed by atoms with E-state index in [1.54, 1.807) is 0 Å². The Kier molecular flexibility index (Phi) is 4.44. The molecule has 0 spiro atoms. The molecule has 0 aromatic heterocycles. The van der Waals surface area contributed by atoms with Gasteiger partial charge in [0.05, 0.1) is 5.56 Å². The van der Waals surface area contributed by atoms with Gasteiger partial charge in [-0.05, 0) is 30.0 Å². The number of halogens is 4. The van der Waals surface area contributed by atoms with Crippen molar-refractivity contribution in [3.8, 4) is 0 Å². The molecule has 0 bridgehead atoms. The van der Waals surface area contributed by atoms with Gasteiger partial charge < -0.3 is 5.73 Å². The quantitative estimate of drug-likeness (QED) is 0.881. The van der Waals surface area contributed by atoms with E-state index in [2.05, 4.69) is 0 Å². The van der Waals surface area contributed by atoms with Crippen LogP contribution in [0.15, 0.2) is 24.3 Å². The smallest absolute Gasteiger partial charge is 0.324 e. The van der Waals surface area contributed by atoms with Gasteiger partial charge in [0.25, 0.3) is 0 Å². The van der Waals surface area contributed by atoms with Crippen LogP contribution in [0, 0.1) is 5.92 Å². The van der Waals surface area contributed by atoms with Crippen LogP contribution in [-0.2, 0) is 6.18 Å². The van der Waals surface area contributed by atoms with Gasteiger partial charge in [-0.1, -0.05) is 25.0 Å². The second-order valence-corrected chi connectivity index (χ2v) is 4.41. The van der Waals surface area contributed by atoms with Gasteiger partial charge in [-0.2, -0.15) is 13.2 Å². The molecule has 17 heavy (non-hydrogen) atoms. The van der Waals surface area contributed by atoms with Crippen molar-refractivity contribution in [1.82, 2.24) is 0 Å². The summed E-state index contributed by atoms with van der Waals surface area (Å²) in [5.74, 6) is 0.678. The number of hydrogen-bond donors (Lipinski definition) is 1. The van der Waals surface area contributed by atoms with E-state index in [-0.39, 0.29) is 18.4 Å². The van der Waals surface area contributed by atoms with Crippen LogP contribution in [0.1, 0.15) is 36.4 Å². The molecule has 2 N–H and O–H groups in total. The molecule has 1 nitrogen and oxygen atoms in total. The summed E-state index contributed by atoms with van der Waals surface area (Å²) in [5.41, 5.74) is 6.09. The van der Waals surface area contributed by atoms with Gasteiger partial charge in [-0.3, -0.25) is 0 Å². The summed E-state index contributed by atoms with van der Waals surface area (Å²) < 4.78 is 36.9. The molecule has 0 amide bonds. The lowest BCUT2D eigenvalue weighted by Gasteiger charge is -2.13. The summed E-state index contributed by atoms with van der Waals surface area (Å²) in [6.45, 7) is 0. The van der Waals surface area contributed by atoms with E-state index in [1.165, 1.54) is 25.0 Å². The van der Waals surface area contributed by atoms with Crippen molar-refractivity contribution >= 4 is 12.4 Å². The molecule has 0 saturated heterocycles. The summed E-state index contributed by atoms with van der Waals surface area (Å²) in [6.07, 6.45) is -0.979. The normalized spacial score (nSPS) is 17.4. The summed E-state index contributed by atoms with van der Waals surface area (Å²) in [5, 5.41) is 0. The summed E-state index contributed by atoms with van der Waals surface area (Å²) in [4.78, 5) is 0. The molecule has 0 aliphatic heterocycles. The monoisotopic (exact) mass is 265 g/mol. The SMILES string of the molecule is Cl.N[C@H](CC1CC1)c1ccc(C(F)(F)F)cc1. The lowest BCUT2D eigenvalue weighted by Crippen LogP contribution is -2.12. The fourth-order valence-electron chi connectivity index (χ4n) is 1.77. The highest BCUT2D eigenvalue weighted by atomic mass is 35.5. The van der Waals surface area contributed by atoms with E-state index < -0.39 is 11.7 Å². The van der Waals surface area contributed by atoms with Gasteiger partial charge in [-0.15, -0.1) is 12.4 Å². The number of nitrogens with two attached hydrogens (primary N) is 1. The van der Waals surface area contributed by atoms with Crippen LogP contribution in [-0.4, -0.2) is 0 Å². The van der Waals surface area contributed by atoms with E-state index in [9.17, 15) is 13.2 Å². The molecule has 96 valence electrons. The first-order valence-corrected chi connectivity index (χ1v) is 5.39. The minimum atomic E-state index is -4.26. The van der Waals surface area contributed by atoms with Crippen LogP contribution in [0.4, 0.5) is 13.2 Å². The van der Waals surface area contributed by atoms with Crippen LogP contribution < -0.4 is 5.73 Å².